The van der Waals surface area contributed by atoms with Gasteiger partial charge in [-0.3, -0.25) is 9.10 Å². The molecule has 3 rings (SSSR count). The summed E-state index contributed by atoms with van der Waals surface area (Å²) in [6.45, 7) is 1.86. The van der Waals surface area contributed by atoms with E-state index in [9.17, 15) is 17.6 Å². The Balaban J connectivity index is 1.64. The van der Waals surface area contributed by atoms with Gasteiger partial charge < -0.3 is 5.32 Å². The van der Waals surface area contributed by atoms with Crippen molar-refractivity contribution in [2.45, 2.75) is 17.6 Å². The van der Waals surface area contributed by atoms with Gasteiger partial charge in [0.05, 0.1) is 10.6 Å². The van der Waals surface area contributed by atoms with Crippen LogP contribution in [0.15, 0.2) is 77.7 Å². The first-order chi connectivity index (χ1) is 15.8. The van der Waals surface area contributed by atoms with Crippen LogP contribution < -0.4 is 9.62 Å². The molecule has 33 heavy (non-hydrogen) atoms. The summed E-state index contributed by atoms with van der Waals surface area (Å²) in [5.74, 6) is 0.368. The minimum absolute atomic E-state index is 0.0423. The van der Waals surface area contributed by atoms with Crippen molar-refractivity contribution in [1.29, 1.82) is 0 Å². The number of aryl methyl sites for hydroxylation is 1. The molecule has 0 saturated heterocycles. The molecule has 0 aromatic heterocycles. The number of rotatable bonds is 10. The zero-order valence-electron chi connectivity index (χ0n) is 18.0. The van der Waals surface area contributed by atoms with Crippen molar-refractivity contribution in [3.63, 3.8) is 0 Å². The summed E-state index contributed by atoms with van der Waals surface area (Å²) < 4.78 is 41.3. The van der Waals surface area contributed by atoms with E-state index in [0.29, 0.717) is 34.3 Å². The first kappa shape index (κ1) is 25.1. The summed E-state index contributed by atoms with van der Waals surface area (Å²) in [6.07, 6.45) is 0. The number of halogens is 2. The Morgan fingerprint density at radius 2 is 1.70 bits per heavy atom. The predicted molar refractivity (Wildman–Crippen MR) is 133 cm³/mol. The van der Waals surface area contributed by atoms with Crippen LogP contribution in [0.2, 0.25) is 5.02 Å². The van der Waals surface area contributed by atoms with E-state index in [4.69, 9.17) is 11.6 Å². The van der Waals surface area contributed by atoms with Crippen molar-refractivity contribution in [1.82, 2.24) is 5.32 Å². The first-order valence-corrected chi connectivity index (χ1v) is 13.2. The molecule has 5 nitrogen and oxygen atoms in total. The van der Waals surface area contributed by atoms with Gasteiger partial charge in [0.2, 0.25) is 5.91 Å². The zero-order valence-corrected chi connectivity index (χ0v) is 20.4. The summed E-state index contributed by atoms with van der Waals surface area (Å²) in [4.78, 5) is 12.6. The highest BCUT2D eigenvalue weighted by atomic mass is 35.5. The Labute approximate surface area is 203 Å². The number of amides is 1. The van der Waals surface area contributed by atoms with Gasteiger partial charge in [0, 0.05) is 23.1 Å². The number of hydrogen-bond donors (Lipinski definition) is 1. The molecule has 0 aliphatic heterocycles. The molecule has 0 spiro atoms. The van der Waals surface area contributed by atoms with Gasteiger partial charge in [0.1, 0.15) is 12.4 Å². The summed E-state index contributed by atoms with van der Waals surface area (Å²) in [5, 5.41) is 3.17. The summed E-state index contributed by atoms with van der Waals surface area (Å²) in [7, 11) is -3.99. The minimum atomic E-state index is -3.99. The van der Waals surface area contributed by atoms with E-state index in [1.807, 2.05) is 6.92 Å². The van der Waals surface area contributed by atoms with Crippen LogP contribution in [0.5, 0.6) is 0 Å². The van der Waals surface area contributed by atoms with Crippen LogP contribution >= 0.6 is 23.4 Å². The lowest BCUT2D eigenvalue weighted by Crippen LogP contribution is -2.41. The molecule has 3 aromatic rings. The molecule has 3 aromatic carbocycles. The highest BCUT2D eigenvalue weighted by molar-refractivity contribution is 7.98. The molecule has 0 aliphatic rings. The largest absolute Gasteiger partial charge is 0.354 e. The van der Waals surface area contributed by atoms with E-state index >= 15 is 0 Å². The lowest BCUT2D eigenvalue weighted by Gasteiger charge is -2.24. The van der Waals surface area contributed by atoms with Gasteiger partial charge in [-0.25, -0.2) is 12.8 Å². The van der Waals surface area contributed by atoms with Crippen LogP contribution in [0.3, 0.4) is 0 Å². The number of nitrogens with zero attached hydrogens (tertiary/aromatic N) is 1. The first-order valence-electron chi connectivity index (χ1n) is 10.2. The standard InChI is InChI=1S/C24H24ClFN2O3S2/c1-18-6-10-21(11-7-18)28(33(30,31)22-12-8-20(25)9-13-22)16-24(29)27-14-15-32-17-19-4-2-3-5-23(19)26/h2-13H,14-17H2,1H3,(H,27,29). The molecular formula is C24H24ClFN2O3S2. The lowest BCUT2D eigenvalue weighted by molar-refractivity contribution is -0.119. The number of carbonyl (C=O) groups excluding carboxylic acids is 1. The zero-order chi connectivity index (χ0) is 23.8. The molecule has 0 radical (unpaired) electrons. The summed E-state index contributed by atoms with van der Waals surface area (Å²) in [6, 6.07) is 19.3. The Bertz CT molecular complexity index is 1190. The topological polar surface area (TPSA) is 66.5 Å². The third-order valence-electron chi connectivity index (χ3n) is 4.79. The van der Waals surface area contributed by atoms with E-state index in [1.165, 1.54) is 42.1 Å². The van der Waals surface area contributed by atoms with Crippen molar-refractivity contribution < 1.29 is 17.6 Å². The number of benzene rings is 3. The van der Waals surface area contributed by atoms with Gasteiger partial charge in [-0.15, -0.1) is 0 Å². The fourth-order valence-electron chi connectivity index (χ4n) is 3.01. The highest BCUT2D eigenvalue weighted by Crippen LogP contribution is 2.25. The van der Waals surface area contributed by atoms with Crippen molar-refractivity contribution in [3.8, 4) is 0 Å². The molecule has 0 heterocycles. The maximum atomic E-state index is 13.7. The second-order valence-electron chi connectivity index (χ2n) is 7.30. The van der Waals surface area contributed by atoms with Gasteiger partial charge in [-0.1, -0.05) is 47.5 Å². The van der Waals surface area contributed by atoms with Crippen LogP contribution in [-0.2, 0) is 20.6 Å². The number of carbonyl (C=O) groups is 1. The lowest BCUT2D eigenvalue weighted by atomic mass is 10.2. The Kier molecular flexibility index (Phi) is 8.77. The van der Waals surface area contributed by atoms with Crippen LogP contribution in [0.1, 0.15) is 11.1 Å². The average Bonchev–Trinajstić information content (AvgIpc) is 2.79. The Hall–Kier alpha value is -2.55. The SMILES string of the molecule is Cc1ccc(N(CC(=O)NCCSCc2ccccc2F)S(=O)(=O)c2ccc(Cl)cc2)cc1. The van der Waals surface area contributed by atoms with E-state index in [1.54, 1.807) is 42.5 Å². The third-order valence-corrected chi connectivity index (χ3v) is 7.84. The summed E-state index contributed by atoms with van der Waals surface area (Å²) >= 11 is 7.38. The monoisotopic (exact) mass is 506 g/mol. The average molecular weight is 507 g/mol. The second-order valence-corrected chi connectivity index (χ2v) is 10.7. The van der Waals surface area contributed by atoms with Crippen LogP contribution in [-0.4, -0.2) is 33.2 Å². The maximum absolute atomic E-state index is 13.7. The number of nitrogens with one attached hydrogen (secondary N) is 1. The number of sulfonamides is 1. The minimum Gasteiger partial charge on any atom is -0.354 e. The van der Waals surface area contributed by atoms with E-state index < -0.39 is 15.9 Å². The second kappa shape index (κ2) is 11.5. The van der Waals surface area contributed by atoms with Gasteiger partial charge in [0.15, 0.2) is 0 Å². The van der Waals surface area contributed by atoms with Gasteiger partial charge in [-0.05, 0) is 55.0 Å². The fraction of sp³-hybridized carbons (Fsp3) is 0.208. The summed E-state index contributed by atoms with van der Waals surface area (Å²) in [5.41, 5.74) is 1.96. The van der Waals surface area contributed by atoms with Crippen molar-refractivity contribution in [2.75, 3.05) is 23.1 Å². The molecule has 0 unspecified atom stereocenters. The maximum Gasteiger partial charge on any atom is 0.264 e. The quantitative estimate of drug-likeness (QED) is 0.391. The van der Waals surface area contributed by atoms with Crippen LogP contribution in [0.4, 0.5) is 10.1 Å². The molecule has 9 heteroatoms. The number of thioether (sulfide) groups is 1. The third kappa shape index (κ3) is 6.96. The number of anilines is 1. The van der Waals surface area contributed by atoms with Crippen LogP contribution in [0.25, 0.3) is 0 Å². The normalized spacial score (nSPS) is 11.2. The van der Waals surface area contributed by atoms with E-state index in [0.717, 1.165) is 9.87 Å². The highest BCUT2D eigenvalue weighted by Gasteiger charge is 2.27. The molecule has 0 aliphatic carbocycles. The van der Waals surface area contributed by atoms with E-state index in [2.05, 4.69) is 5.32 Å². The molecule has 0 saturated carbocycles. The molecular weight excluding hydrogens is 483 g/mol. The van der Waals surface area contributed by atoms with Crippen molar-refractivity contribution in [3.05, 3.63) is 94.8 Å². The molecule has 0 fully saturated rings. The molecule has 1 N–H and O–H groups in total. The predicted octanol–water partition coefficient (Wildman–Crippen LogP) is 5.03. The van der Waals surface area contributed by atoms with Gasteiger partial charge in [0.25, 0.3) is 10.0 Å². The van der Waals surface area contributed by atoms with Crippen molar-refractivity contribution in [2.24, 2.45) is 0 Å². The molecule has 0 atom stereocenters. The van der Waals surface area contributed by atoms with Gasteiger partial charge >= 0.3 is 0 Å². The van der Waals surface area contributed by atoms with E-state index in [-0.39, 0.29) is 17.3 Å². The van der Waals surface area contributed by atoms with Gasteiger partial charge in [-0.2, -0.15) is 11.8 Å². The van der Waals surface area contributed by atoms with Crippen molar-refractivity contribution >= 4 is 45.0 Å². The molecule has 174 valence electrons. The smallest absolute Gasteiger partial charge is 0.264 e. The molecule has 0 bridgehead atoms. The number of hydrogen-bond acceptors (Lipinski definition) is 4. The molecule has 1 amide bonds. The van der Waals surface area contributed by atoms with Crippen LogP contribution in [0, 0.1) is 12.7 Å². The Morgan fingerprint density at radius 3 is 2.36 bits per heavy atom. The Morgan fingerprint density at radius 1 is 1.03 bits per heavy atom. The fourth-order valence-corrected chi connectivity index (χ4v) is 5.40.